The van der Waals surface area contributed by atoms with Gasteiger partial charge in [0.25, 0.3) is 5.56 Å². The van der Waals surface area contributed by atoms with E-state index >= 15 is 0 Å². The Hall–Kier alpha value is -5.04. The van der Waals surface area contributed by atoms with E-state index in [9.17, 15) is 14.0 Å². The number of aromatic nitrogens is 3. The first-order valence-corrected chi connectivity index (χ1v) is 11.7. The molecular formula is C30H21FN4O2. The first-order valence-electron chi connectivity index (χ1n) is 11.7. The number of para-hydroxylation sites is 1. The van der Waals surface area contributed by atoms with Crippen LogP contribution in [0.25, 0.3) is 49.9 Å². The van der Waals surface area contributed by atoms with E-state index < -0.39 is 0 Å². The second kappa shape index (κ2) is 8.87. The number of aromatic amines is 1. The predicted molar refractivity (Wildman–Crippen MR) is 144 cm³/mol. The van der Waals surface area contributed by atoms with Crippen molar-refractivity contribution in [3.8, 4) is 28.1 Å². The molecule has 0 bridgehead atoms. The Labute approximate surface area is 211 Å². The van der Waals surface area contributed by atoms with Crippen LogP contribution in [0.1, 0.15) is 5.56 Å². The summed E-state index contributed by atoms with van der Waals surface area (Å²) in [4.78, 5) is 32.4. The van der Waals surface area contributed by atoms with Crippen molar-refractivity contribution in [2.45, 2.75) is 6.92 Å². The number of hydrogen-bond donors (Lipinski definition) is 2. The molecule has 1 amide bonds. The molecule has 180 valence electrons. The first-order chi connectivity index (χ1) is 18.0. The van der Waals surface area contributed by atoms with Crippen LogP contribution >= 0.6 is 0 Å². The minimum absolute atomic E-state index is 0.137. The number of rotatable bonds is 5. The molecule has 0 saturated heterocycles. The van der Waals surface area contributed by atoms with Crippen LogP contribution in [-0.2, 0) is 4.79 Å². The van der Waals surface area contributed by atoms with Crippen LogP contribution in [-0.4, -0.2) is 20.9 Å². The molecular weight excluding hydrogens is 467 g/mol. The average Bonchev–Trinajstić information content (AvgIpc) is 3.37. The van der Waals surface area contributed by atoms with Crippen molar-refractivity contribution in [2.24, 2.45) is 0 Å². The summed E-state index contributed by atoms with van der Waals surface area (Å²) in [7, 11) is 0. The number of H-pyrrole nitrogens is 1. The summed E-state index contributed by atoms with van der Waals surface area (Å²) in [5, 5.41) is 4.19. The van der Waals surface area contributed by atoms with Crippen LogP contribution in [0.4, 0.5) is 10.1 Å². The van der Waals surface area contributed by atoms with E-state index in [1.54, 1.807) is 29.1 Å². The highest BCUT2D eigenvalue weighted by atomic mass is 19.1. The molecule has 6 aromatic rings. The zero-order valence-corrected chi connectivity index (χ0v) is 19.8. The van der Waals surface area contributed by atoms with Crippen molar-refractivity contribution in [3.05, 3.63) is 113 Å². The van der Waals surface area contributed by atoms with Crippen LogP contribution in [0, 0.1) is 12.7 Å². The zero-order valence-electron chi connectivity index (χ0n) is 19.8. The molecule has 0 spiro atoms. The standard InChI is InChI=1S/C30H21FN4O2/c1-18-21(6-4-8-28(18)35-16-32-25-7-3-2-5-23(25)30(35)37)22-13-14-26(33-17-36)29-24(22)15-27(34-29)19-9-11-20(31)12-10-19/h2-17,34H,1H3,(H,33,36). The molecule has 0 radical (unpaired) electrons. The number of amides is 1. The van der Waals surface area contributed by atoms with Crippen LogP contribution in [0.5, 0.6) is 0 Å². The van der Waals surface area contributed by atoms with Crippen molar-refractivity contribution in [3.63, 3.8) is 0 Å². The lowest BCUT2D eigenvalue weighted by Crippen LogP contribution is -2.19. The van der Waals surface area contributed by atoms with E-state index in [4.69, 9.17) is 0 Å². The number of anilines is 1. The molecule has 0 aliphatic rings. The molecule has 37 heavy (non-hydrogen) atoms. The molecule has 6 rings (SSSR count). The number of halogens is 1. The van der Waals surface area contributed by atoms with Crippen molar-refractivity contribution < 1.29 is 9.18 Å². The Balaban J connectivity index is 1.56. The third-order valence-electron chi connectivity index (χ3n) is 6.68. The fraction of sp³-hybridized carbons (Fsp3) is 0.0333. The molecule has 2 heterocycles. The van der Waals surface area contributed by atoms with Gasteiger partial charge in [0.05, 0.1) is 27.8 Å². The largest absolute Gasteiger partial charge is 0.353 e. The second-order valence-corrected chi connectivity index (χ2v) is 8.79. The maximum Gasteiger partial charge on any atom is 0.265 e. The molecule has 0 atom stereocenters. The molecule has 0 fully saturated rings. The Kier molecular flexibility index (Phi) is 5.38. The third kappa shape index (κ3) is 3.77. The molecule has 0 unspecified atom stereocenters. The van der Waals surface area contributed by atoms with Gasteiger partial charge in [-0.15, -0.1) is 0 Å². The minimum atomic E-state index is -0.310. The number of nitrogens with one attached hydrogen (secondary N) is 2. The quantitative estimate of drug-likeness (QED) is 0.283. The topological polar surface area (TPSA) is 79.8 Å². The molecule has 6 nitrogen and oxygen atoms in total. The summed E-state index contributed by atoms with van der Waals surface area (Å²) in [6.45, 7) is 1.98. The van der Waals surface area contributed by atoms with Gasteiger partial charge in [0.1, 0.15) is 12.1 Å². The summed E-state index contributed by atoms with van der Waals surface area (Å²) in [6.07, 6.45) is 2.20. The third-order valence-corrected chi connectivity index (χ3v) is 6.68. The molecule has 0 aliphatic carbocycles. The van der Waals surface area contributed by atoms with E-state index in [0.717, 1.165) is 44.5 Å². The summed E-state index contributed by atoms with van der Waals surface area (Å²) in [5.41, 5.74) is 7.01. The molecule has 0 aliphatic heterocycles. The van der Waals surface area contributed by atoms with Crippen LogP contribution in [0.2, 0.25) is 0 Å². The molecule has 7 heteroatoms. The Bertz CT molecular complexity index is 1870. The van der Waals surface area contributed by atoms with Gasteiger partial charge in [-0.25, -0.2) is 9.37 Å². The zero-order chi connectivity index (χ0) is 25.5. The molecule has 2 N–H and O–H groups in total. The van der Waals surface area contributed by atoms with Gasteiger partial charge < -0.3 is 10.3 Å². The van der Waals surface area contributed by atoms with Gasteiger partial charge in [-0.1, -0.05) is 30.3 Å². The number of nitrogens with zero attached hydrogens (tertiary/aromatic N) is 2. The van der Waals surface area contributed by atoms with Crippen molar-refractivity contribution in [1.82, 2.24) is 14.5 Å². The van der Waals surface area contributed by atoms with Crippen molar-refractivity contribution in [1.29, 1.82) is 0 Å². The van der Waals surface area contributed by atoms with Gasteiger partial charge in [-0.05, 0) is 83.8 Å². The summed E-state index contributed by atoms with van der Waals surface area (Å²) in [5.74, 6) is -0.310. The predicted octanol–water partition coefficient (Wildman–Crippen LogP) is 6.22. The van der Waals surface area contributed by atoms with Gasteiger partial charge in [0.15, 0.2) is 0 Å². The van der Waals surface area contributed by atoms with Crippen LogP contribution < -0.4 is 10.9 Å². The van der Waals surface area contributed by atoms with Crippen molar-refractivity contribution >= 4 is 33.9 Å². The van der Waals surface area contributed by atoms with Gasteiger partial charge in [0.2, 0.25) is 6.41 Å². The number of hydrogen-bond acceptors (Lipinski definition) is 3. The lowest BCUT2D eigenvalue weighted by atomic mass is 9.95. The van der Waals surface area contributed by atoms with Gasteiger partial charge in [-0.3, -0.25) is 14.2 Å². The van der Waals surface area contributed by atoms with Crippen molar-refractivity contribution in [2.75, 3.05) is 5.32 Å². The van der Waals surface area contributed by atoms with Crippen LogP contribution in [0.15, 0.2) is 96.1 Å². The van der Waals surface area contributed by atoms with E-state index in [1.165, 1.54) is 12.1 Å². The number of carbonyl (C=O) groups excluding carboxylic acids is 1. The second-order valence-electron chi connectivity index (χ2n) is 8.79. The fourth-order valence-corrected chi connectivity index (χ4v) is 4.84. The number of carbonyl (C=O) groups is 1. The highest BCUT2D eigenvalue weighted by molar-refractivity contribution is 6.06. The Morgan fingerprint density at radius 3 is 2.54 bits per heavy atom. The van der Waals surface area contributed by atoms with Gasteiger partial charge in [0, 0.05) is 11.1 Å². The highest BCUT2D eigenvalue weighted by Crippen LogP contribution is 2.38. The van der Waals surface area contributed by atoms with Crippen LogP contribution in [0.3, 0.4) is 0 Å². The number of fused-ring (bicyclic) bond motifs is 2. The maximum absolute atomic E-state index is 13.5. The Morgan fingerprint density at radius 2 is 1.73 bits per heavy atom. The molecule has 2 aromatic heterocycles. The van der Waals surface area contributed by atoms with Gasteiger partial charge in [-0.2, -0.15) is 0 Å². The average molecular weight is 489 g/mol. The summed E-state index contributed by atoms with van der Waals surface area (Å²) >= 11 is 0. The first kappa shape index (κ1) is 22.4. The van der Waals surface area contributed by atoms with E-state index in [0.29, 0.717) is 23.0 Å². The lowest BCUT2D eigenvalue weighted by molar-refractivity contribution is -0.105. The van der Waals surface area contributed by atoms with E-state index in [2.05, 4.69) is 15.3 Å². The molecule has 4 aromatic carbocycles. The lowest BCUT2D eigenvalue weighted by Gasteiger charge is -2.15. The SMILES string of the molecule is Cc1c(-c2ccc(NC=O)c3[nH]c(-c4ccc(F)cc4)cc23)cccc1-n1cnc2ccccc2c1=O. The Morgan fingerprint density at radius 1 is 0.919 bits per heavy atom. The monoisotopic (exact) mass is 488 g/mol. The maximum atomic E-state index is 13.5. The highest BCUT2D eigenvalue weighted by Gasteiger charge is 2.16. The van der Waals surface area contributed by atoms with E-state index in [-0.39, 0.29) is 11.4 Å². The normalized spacial score (nSPS) is 11.2. The molecule has 0 saturated carbocycles. The number of benzene rings is 4. The summed E-state index contributed by atoms with van der Waals surface area (Å²) < 4.78 is 15.1. The van der Waals surface area contributed by atoms with Gasteiger partial charge >= 0.3 is 0 Å². The summed E-state index contributed by atoms with van der Waals surface area (Å²) in [6, 6.07) is 25.1. The smallest absolute Gasteiger partial charge is 0.265 e. The fourth-order valence-electron chi connectivity index (χ4n) is 4.84. The van der Waals surface area contributed by atoms with E-state index in [1.807, 2.05) is 61.5 Å². The minimum Gasteiger partial charge on any atom is -0.353 e.